The minimum Gasteiger partial charge on any atom is -0.480 e. The first-order chi connectivity index (χ1) is 9.32. The van der Waals surface area contributed by atoms with Gasteiger partial charge < -0.3 is 15.5 Å². The van der Waals surface area contributed by atoms with E-state index in [0.29, 0.717) is 0 Å². The predicted octanol–water partition coefficient (Wildman–Crippen LogP) is 1.49. The Labute approximate surface area is 119 Å². The van der Waals surface area contributed by atoms with Gasteiger partial charge in [0.15, 0.2) is 0 Å². The van der Waals surface area contributed by atoms with Crippen LogP contribution in [0.25, 0.3) is 0 Å². The van der Waals surface area contributed by atoms with Gasteiger partial charge in [0.1, 0.15) is 11.6 Å². The standard InChI is InChI=1S/C16H21NO3/c1-12(2)14(15(18)19)17-11-16(3,20)10-9-13-7-5-4-6-8-13/h4-8,12,14,17,20H,11H2,1-3H3,(H,18,19)/t14-,16+/m1/s1. The van der Waals surface area contributed by atoms with E-state index in [2.05, 4.69) is 17.2 Å². The molecule has 0 fully saturated rings. The summed E-state index contributed by atoms with van der Waals surface area (Å²) in [6.07, 6.45) is 0. The van der Waals surface area contributed by atoms with Crippen LogP contribution < -0.4 is 5.32 Å². The highest BCUT2D eigenvalue weighted by atomic mass is 16.4. The van der Waals surface area contributed by atoms with Gasteiger partial charge in [0.05, 0.1) is 0 Å². The molecule has 0 aromatic heterocycles. The third-order valence-corrected chi connectivity index (χ3v) is 2.85. The number of aliphatic hydroxyl groups is 1. The van der Waals surface area contributed by atoms with E-state index in [1.807, 2.05) is 44.2 Å². The van der Waals surface area contributed by atoms with Crippen LogP contribution in [0.5, 0.6) is 0 Å². The molecule has 0 radical (unpaired) electrons. The van der Waals surface area contributed by atoms with Gasteiger partial charge in [-0.05, 0) is 25.0 Å². The fourth-order valence-electron chi connectivity index (χ4n) is 1.69. The van der Waals surface area contributed by atoms with Crippen molar-refractivity contribution in [3.8, 4) is 11.8 Å². The Balaban J connectivity index is 2.66. The summed E-state index contributed by atoms with van der Waals surface area (Å²) in [6.45, 7) is 5.30. The molecule has 1 aromatic rings. The number of carbonyl (C=O) groups is 1. The number of hydrogen-bond acceptors (Lipinski definition) is 3. The lowest BCUT2D eigenvalue weighted by molar-refractivity contribution is -0.140. The number of nitrogens with one attached hydrogen (secondary N) is 1. The Kier molecular flexibility index (Phi) is 5.75. The molecule has 4 heteroatoms. The van der Waals surface area contributed by atoms with Crippen LogP contribution in [0.15, 0.2) is 30.3 Å². The summed E-state index contributed by atoms with van der Waals surface area (Å²) in [5, 5.41) is 22.1. The summed E-state index contributed by atoms with van der Waals surface area (Å²) < 4.78 is 0. The van der Waals surface area contributed by atoms with Crippen molar-refractivity contribution in [2.75, 3.05) is 6.54 Å². The number of carboxylic acids is 1. The topological polar surface area (TPSA) is 69.6 Å². The summed E-state index contributed by atoms with van der Waals surface area (Å²) in [4.78, 5) is 11.1. The molecule has 0 spiro atoms. The molecule has 1 rings (SSSR count). The largest absolute Gasteiger partial charge is 0.480 e. The van der Waals surface area contributed by atoms with Gasteiger partial charge in [-0.25, -0.2) is 0 Å². The average molecular weight is 275 g/mol. The van der Waals surface area contributed by atoms with Crippen molar-refractivity contribution in [1.82, 2.24) is 5.32 Å². The third kappa shape index (κ3) is 5.43. The Morgan fingerprint density at radius 2 is 1.95 bits per heavy atom. The smallest absolute Gasteiger partial charge is 0.320 e. The molecular formula is C16H21NO3. The zero-order valence-corrected chi connectivity index (χ0v) is 12.1. The highest BCUT2D eigenvalue weighted by Crippen LogP contribution is 2.06. The fraction of sp³-hybridized carbons (Fsp3) is 0.438. The first-order valence-electron chi connectivity index (χ1n) is 6.58. The summed E-state index contributed by atoms with van der Waals surface area (Å²) in [5.74, 6) is 4.65. The van der Waals surface area contributed by atoms with Crippen LogP contribution in [0.2, 0.25) is 0 Å². The molecule has 0 unspecified atom stereocenters. The van der Waals surface area contributed by atoms with E-state index in [9.17, 15) is 9.90 Å². The lowest BCUT2D eigenvalue weighted by Gasteiger charge is -2.23. The van der Waals surface area contributed by atoms with E-state index >= 15 is 0 Å². The van der Waals surface area contributed by atoms with Crippen LogP contribution in [0.3, 0.4) is 0 Å². The van der Waals surface area contributed by atoms with Gasteiger partial charge in [0.2, 0.25) is 0 Å². The second kappa shape index (κ2) is 7.09. The first kappa shape index (κ1) is 16.2. The molecule has 0 saturated carbocycles. The third-order valence-electron chi connectivity index (χ3n) is 2.85. The van der Waals surface area contributed by atoms with Crippen LogP contribution in [0.4, 0.5) is 0 Å². The van der Waals surface area contributed by atoms with Crippen LogP contribution >= 0.6 is 0 Å². The summed E-state index contributed by atoms with van der Waals surface area (Å²) in [6, 6.07) is 8.65. The highest BCUT2D eigenvalue weighted by Gasteiger charge is 2.25. The van der Waals surface area contributed by atoms with Crippen molar-refractivity contribution in [3.63, 3.8) is 0 Å². The van der Waals surface area contributed by atoms with Crippen molar-refractivity contribution >= 4 is 5.97 Å². The lowest BCUT2D eigenvalue weighted by Crippen LogP contribution is -2.47. The van der Waals surface area contributed by atoms with Gasteiger partial charge in [-0.2, -0.15) is 0 Å². The monoisotopic (exact) mass is 275 g/mol. The zero-order chi connectivity index (χ0) is 15.2. The summed E-state index contributed by atoms with van der Waals surface area (Å²) in [5.41, 5.74) is -0.468. The molecule has 108 valence electrons. The predicted molar refractivity (Wildman–Crippen MR) is 78.2 cm³/mol. The minimum absolute atomic E-state index is 0.0645. The molecule has 0 bridgehead atoms. The van der Waals surface area contributed by atoms with Crippen molar-refractivity contribution in [3.05, 3.63) is 35.9 Å². The molecule has 0 saturated heterocycles. The Morgan fingerprint density at radius 3 is 2.45 bits per heavy atom. The number of benzene rings is 1. The van der Waals surface area contributed by atoms with Crippen molar-refractivity contribution in [2.24, 2.45) is 5.92 Å². The second-order valence-corrected chi connectivity index (χ2v) is 5.33. The highest BCUT2D eigenvalue weighted by molar-refractivity contribution is 5.73. The maximum Gasteiger partial charge on any atom is 0.320 e. The van der Waals surface area contributed by atoms with E-state index < -0.39 is 17.6 Å². The Bertz CT molecular complexity index is 497. The Hall–Kier alpha value is -1.83. The molecule has 0 heterocycles. The molecule has 0 aliphatic heterocycles. The normalized spacial score (nSPS) is 15.1. The molecule has 4 nitrogen and oxygen atoms in total. The minimum atomic E-state index is -1.28. The number of carboxylic acid groups (broad SMARTS) is 1. The van der Waals surface area contributed by atoms with Crippen LogP contribution in [-0.4, -0.2) is 34.4 Å². The summed E-state index contributed by atoms with van der Waals surface area (Å²) >= 11 is 0. The number of hydrogen-bond donors (Lipinski definition) is 3. The van der Waals surface area contributed by atoms with Crippen LogP contribution in [0.1, 0.15) is 26.3 Å². The quantitative estimate of drug-likeness (QED) is 0.712. The number of aliphatic carboxylic acids is 1. The van der Waals surface area contributed by atoms with E-state index in [0.717, 1.165) is 5.56 Å². The van der Waals surface area contributed by atoms with Crippen molar-refractivity contribution in [2.45, 2.75) is 32.4 Å². The van der Waals surface area contributed by atoms with E-state index in [4.69, 9.17) is 5.11 Å². The molecule has 2 atom stereocenters. The molecule has 1 aromatic carbocycles. The van der Waals surface area contributed by atoms with Gasteiger partial charge in [0, 0.05) is 12.1 Å². The molecule has 0 aliphatic carbocycles. The van der Waals surface area contributed by atoms with Gasteiger partial charge in [-0.15, -0.1) is 0 Å². The number of rotatable bonds is 5. The molecule has 3 N–H and O–H groups in total. The fourth-order valence-corrected chi connectivity index (χ4v) is 1.69. The second-order valence-electron chi connectivity index (χ2n) is 5.33. The summed E-state index contributed by atoms with van der Waals surface area (Å²) in [7, 11) is 0. The van der Waals surface area contributed by atoms with Crippen LogP contribution in [0, 0.1) is 17.8 Å². The van der Waals surface area contributed by atoms with Crippen LogP contribution in [-0.2, 0) is 4.79 Å². The van der Waals surface area contributed by atoms with Gasteiger partial charge in [-0.1, -0.05) is 43.9 Å². The van der Waals surface area contributed by atoms with Gasteiger partial charge >= 0.3 is 5.97 Å². The maximum atomic E-state index is 11.1. The van der Waals surface area contributed by atoms with Gasteiger partial charge in [-0.3, -0.25) is 4.79 Å². The zero-order valence-electron chi connectivity index (χ0n) is 12.1. The van der Waals surface area contributed by atoms with Crippen molar-refractivity contribution < 1.29 is 15.0 Å². The molecular weight excluding hydrogens is 254 g/mol. The lowest BCUT2D eigenvalue weighted by atomic mass is 10.0. The molecule has 0 aliphatic rings. The van der Waals surface area contributed by atoms with E-state index in [1.165, 1.54) is 0 Å². The van der Waals surface area contributed by atoms with E-state index in [1.54, 1.807) is 6.92 Å². The van der Waals surface area contributed by atoms with Crippen molar-refractivity contribution in [1.29, 1.82) is 0 Å². The molecule has 0 amide bonds. The van der Waals surface area contributed by atoms with E-state index in [-0.39, 0.29) is 12.5 Å². The van der Waals surface area contributed by atoms with Gasteiger partial charge in [0.25, 0.3) is 0 Å². The SMILES string of the molecule is CC(C)[C@@H](NC[C@@](C)(O)C#Cc1ccccc1)C(=O)O. The first-order valence-corrected chi connectivity index (χ1v) is 6.58. The maximum absolute atomic E-state index is 11.1. The molecule has 20 heavy (non-hydrogen) atoms. The average Bonchev–Trinajstić information content (AvgIpc) is 2.37. The Morgan fingerprint density at radius 1 is 1.35 bits per heavy atom.